The molecule has 92 valence electrons. The van der Waals surface area contributed by atoms with Gasteiger partial charge in [0.1, 0.15) is 0 Å². The summed E-state index contributed by atoms with van der Waals surface area (Å²) in [7, 11) is 0. The summed E-state index contributed by atoms with van der Waals surface area (Å²) in [5.41, 5.74) is 2.07. The Morgan fingerprint density at radius 2 is 1.58 bits per heavy atom. The molecule has 0 spiro atoms. The van der Waals surface area contributed by atoms with E-state index in [1.165, 1.54) is 12.1 Å². The third-order valence-electron chi connectivity index (χ3n) is 3.05. The van der Waals surface area contributed by atoms with Gasteiger partial charge in [0.15, 0.2) is 6.20 Å². The van der Waals surface area contributed by atoms with Gasteiger partial charge in [-0.05, 0) is 12.1 Å². The average molecular weight is 251 g/mol. The number of pyridine rings is 1. The Morgan fingerprint density at radius 1 is 0.895 bits per heavy atom. The van der Waals surface area contributed by atoms with Crippen LogP contribution >= 0.6 is 0 Å². The van der Waals surface area contributed by atoms with Gasteiger partial charge in [-0.2, -0.15) is 4.57 Å². The summed E-state index contributed by atoms with van der Waals surface area (Å²) in [6.45, 7) is 0. The van der Waals surface area contributed by atoms with E-state index in [1.807, 2.05) is 47.2 Å². The number of benzene rings is 2. The van der Waals surface area contributed by atoms with Crippen LogP contribution in [0.1, 0.15) is 0 Å². The maximum absolute atomic E-state index is 10.7. The van der Waals surface area contributed by atoms with Gasteiger partial charge in [0.2, 0.25) is 11.2 Å². The number of aromatic nitrogens is 1. The van der Waals surface area contributed by atoms with Crippen molar-refractivity contribution in [3.63, 3.8) is 0 Å². The predicted octanol–water partition coefficient (Wildman–Crippen LogP) is 3.02. The Kier molecular flexibility index (Phi) is 2.68. The summed E-state index contributed by atoms with van der Waals surface area (Å²) < 4.78 is 2.01. The van der Waals surface area contributed by atoms with Gasteiger partial charge in [-0.15, -0.1) is 0 Å². The second-order valence-corrected chi connectivity index (χ2v) is 4.21. The zero-order valence-corrected chi connectivity index (χ0v) is 10.1. The molecule has 19 heavy (non-hydrogen) atoms. The number of hydrogen-bond acceptors (Lipinski definition) is 2. The normalized spacial score (nSPS) is 10.5. The number of nitro groups is 1. The van der Waals surface area contributed by atoms with Crippen molar-refractivity contribution in [2.75, 3.05) is 0 Å². The number of fused-ring (bicyclic) bond motifs is 1. The Morgan fingerprint density at radius 3 is 2.32 bits per heavy atom. The molecule has 0 aliphatic rings. The third kappa shape index (κ3) is 2.04. The monoisotopic (exact) mass is 251 g/mol. The van der Waals surface area contributed by atoms with Crippen molar-refractivity contribution >= 4 is 16.6 Å². The third-order valence-corrected chi connectivity index (χ3v) is 3.05. The van der Waals surface area contributed by atoms with E-state index >= 15 is 0 Å². The molecule has 1 heterocycles. The van der Waals surface area contributed by atoms with Crippen molar-refractivity contribution in [1.29, 1.82) is 0 Å². The molecule has 0 saturated carbocycles. The first-order valence-corrected chi connectivity index (χ1v) is 5.90. The Labute approximate surface area is 109 Å². The molecule has 0 saturated heterocycles. The van der Waals surface area contributed by atoms with Crippen LogP contribution in [-0.4, -0.2) is 4.92 Å². The topological polar surface area (TPSA) is 47.0 Å². The lowest BCUT2D eigenvalue weighted by Crippen LogP contribution is -2.30. The SMILES string of the molecule is O=[N+]([O-])c1ccc(-[n+]2cccc3ccccc32)cc1. The first-order valence-electron chi connectivity index (χ1n) is 5.90. The van der Waals surface area contributed by atoms with Crippen molar-refractivity contribution in [2.45, 2.75) is 0 Å². The zero-order valence-electron chi connectivity index (χ0n) is 10.1. The number of nitro benzene ring substituents is 1. The van der Waals surface area contributed by atoms with E-state index < -0.39 is 4.92 Å². The molecule has 0 bridgehead atoms. The molecule has 0 aliphatic carbocycles. The molecule has 3 aromatic rings. The smallest absolute Gasteiger partial charge is 0.258 e. The van der Waals surface area contributed by atoms with Crippen molar-refractivity contribution in [3.8, 4) is 5.69 Å². The zero-order chi connectivity index (χ0) is 13.2. The van der Waals surface area contributed by atoms with Crippen LogP contribution in [0.4, 0.5) is 5.69 Å². The lowest BCUT2D eigenvalue weighted by atomic mass is 10.2. The molecule has 0 aliphatic heterocycles. The lowest BCUT2D eigenvalue weighted by Gasteiger charge is -2.00. The summed E-state index contributed by atoms with van der Waals surface area (Å²) in [5, 5.41) is 11.8. The van der Waals surface area contributed by atoms with Gasteiger partial charge in [0, 0.05) is 41.8 Å². The number of para-hydroxylation sites is 1. The van der Waals surface area contributed by atoms with E-state index in [9.17, 15) is 10.1 Å². The molecular weight excluding hydrogens is 240 g/mol. The van der Waals surface area contributed by atoms with Crippen LogP contribution in [-0.2, 0) is 0 Å². The largest absolute Gasteiger partial charge is 0.269 e. The Balaban J connectivity index is 2.16. The highest BCUT2D eigenvalue weighted by Gasteiger charge is 2.13. The molecule has 0 unspecified atom stereocenters. The summed E-state index contributed by atoms with van der Waals surface area (Å²) in [6, 6.07) is 18.6. The fourth-order valence-corrected chi connectivity index (χ4v) is 2.12. The van der Waals surface area contributed by atoms with Gasteiger partial charge in [-0.3, -0.25) is 10.1 Å². The van der Waals surface area contributed by atoms with Crippen molar-refractivity contribution in [3.05, 3.63) is 77.0 Å². The van der Waals surface area contributed by atoms with E-state index in [0.717, 1.165) is 16.6 Å². The van der Waals surface area contributed by atoms with Crippen LogP contribution in [0.5, 0.6) is 0 Å². The standard InChI is InChI=1S/C15H11N2O2/c18-17(19)14-9-7-13(8-10-14)16-11-3-5-12-4-1-2-6-15(12)16/h1-11H/q+1. The Bertz CT molecular complexity index is 746. The lowest BCUT2D eigenvalue weighted by molar-refractivity contribution is -0.567. The minimum atomic E-state index is -0.391. The molecule has 0 N–H and O–H groups in total. The number of rotatable bonds is 2. The number of nitrogens with zero attached hydrogens (tertiary/aromatic N) is 2. The van der Waals surface area contributed by atoms with Gasteiger partial charge < -0.3 is 0 Å². The van der Waals surface area contributed by atoms with Gasteiger partial charge in [0.05, 0.1) is 4.92 Å². The van der Waals surface area contributed by atoms with E-state index in [4.69, 9.17) is 0 Å². The van der Waals surface area contributed by atoms with Gasteiger partial charge in [0.25, 0.3) is 5.69 Å². The molecule has 0 radical (unpaired) electrons. The number of hydrogen-bond donors (Lipinski definition) is 0. The van der Waals surface area contributed by atoms with Crippen molar-refractivity contribution in [1.82, 2.24) is 0 Å². The van der Waals surface area contributed by atoms with E-state index in [2.05, 4.69) is 0 Å². The maximum atomic E-state index is 10.7. The van der Waals surface area contributed by atoms with Crippen molar-refractivity contribution in [2.24, 2.45) is 0 Å². The summed E-state index contributed by atoms with van der Waals surface area (Å²) in [5.74, 6) is 0. The van der Waals surface area contributed by atoms with E-state index in [-0.39, 0.29) is 5.69 Å². The van der Waals surface area contributed by atoms with E-state index in [0.29, 0.717) is 0 Å². The van der Waals surface area contributed by atoms with Gasteiger partial charge in [-0.1, -0.05) is 12.1 Å². The minimum absolute atomic E-state index is 0.101. The average Bonchev–Trinajstić information content (AvgIpc) is 2.47. The highest BCUT2D eigenvalue weighted by Crippen LogP contribution is 2.14. The quantitative estimate of drug-likeness (QED) is 0.399. The fourth-order valence-electron chi connectivity index (χ4n) is 2.12. The number of non-ortho nitro benzene ring substituents is 1. The molecule has 0 fully saturated rings. The van der Waals surface area contributed by atoms with Crippen molar-refractivity contribution < 1.29 is 9.49 Å². The highest BCUT2D eigenvalue weighted by atomic mass is 16.6. The van der Waals surface area contributed by atoms with Crippen LogP contribution in [0.3, 0.4) is 0 Å². The molecule has 2 aromatic carbocycles. The van der Waals surface area contributed by atoms with Crippen LogP contribution in [0.2, 0.25) is 0 Å². The fraction of sp³-hybridized carbons (Fsp3) is 0. The van der Waals surface area contributed by atoms with Crippen LogP contribution < -0.4 is 4.57 Å². The predicted molar refractivity (Wildman–Crippen MR) is 72.1 cm³/mol. The van der Waals surface area contributed by atoms with Crippen LogP contribution in [0, 0.1) is 10.1 Å². The maximum Gasteiger partial charge on any atom is 0.269 e. The molecule has 4 heteroatoms. The molecule has 1 aromatic heterocycles. The highest BCUT2D eigenvalue weighted by molar-refractivity contribution is 5.75. The summed E-state index contributed by atoms with van der Waals surface area (Å²) in [4.78, 5) is 10.3. The molecule has 0 amide bonds. The second kappa shape index (κ2) is 4.49. The first-order chi connectivity index (χ1) is 9.25. The van der Waals surface area contributed by atoms with E-state index in [1.54, 1.807) is 12.1 Å². The summed E-state index contributed by atoms with van der Waals surface area (Å²) >= 11 is 0. The van der Waals surface area contributed by atoms with Crippen LogP contribution in [0.15, 0.2) is 66.9 Å². The Hall–Kier alpha value is -2.75. The van der Waals surface area contributed by atoms with Gasteiger partial charge >= 0.3 is 0 Å². The summed E-state index contributed by atoms with van der Waals surface area (Å²) in [6.07, 6.45) is 1.95. The second-order valence-electron chi connectivity index (χ2n) is 4.21. The molecule has 4 nitrogen and oxygen atoms in total. The molecule has 0 atom stereocenters. The van der Waals surface area contributed by atoms with Crippen LogP contribution in [0.25, 0.3) is 16.6 Å². The van der Waals surface area contributed by atoms with Gasteiger partial charge in [-0.25, -0.2) is 0 Å². The molecule has 3 rings (SSSR count). The first kappa shape index (κ1) is 11.3. The minimum Gasteiger partial charge on any atom is -0.258 e. The molecular formula is C15H11N2O2+.